The second kappa shape index (κ2) is 6.57. The Morgan fingerprint density at radius 3 is 2.50 bits per heavy atom. The van der Waals surface area contributed by atoms with Crippen LogP contribution in [0.3, 0.4) is 0 Å². The molecule has 0 saturated heterocycles. The summed E-state index contributed by atoms with van der Waals surface area (Å²) in [6.45, 7) is 0. The lowest BCUT2D eigenvalue weighted by molar-refractivity contribution is -0.112. The van der Waals surface area contributed by atoms with E-state index < -0.39 is 5.91 Å². The van der Waals surface area contributed by atoms with Gasteiger partial charge in [-0.05, 0) is 12.1 Å². The third-order valence-corrected chi connectivity index (χ3v) is 3.96. The van der Waals surface area contributed by atoms with Gasteiger partial charge in [-0.1, -0.05) is 48.0 Å². The van der Waals surface area contributed by atoms with Crippen LogP contribution in [0.1, 0.15) is 11.1 Å². The van der Waals surface area contributed by atoms with Crippen molar-refractivity contribution in [1.29, 1.82) is 5.26 Å². The van der Waals surface area contributed by atoms with E-state index in [2.05, 4.69) is 15.6 Å². The molecule has 0 radical (unpaired) electrons. The van der Waals surface area contributed by atoms with Gasteiger partial charge < -0.3 is 10.6 Å². The van der Waals surface area contributed by atoms with E-state index in [-0.39, 0.29) is 5.57 Å². The summed E-state index contributed by atoms with van der Waals surface area (Å²) in [4.78, 5) is 16.7. The van der Waals surface area contributed by atoms with Gasteiger partial charge in [0.05, 0.1) is 16.4 Å². The Balaban J connectivity index is 2.03. The van der Waals surface area contributed by atoms with Gasteiger partial charge in [-0.15, -0.1) is 0 Å². The van der Waals surface area contributed by atoms with Crippen molar-refractivity contribution in [2.75, 3.05) is 12.4 Å². The molecule has 2 aromatic carbocycles. The third kappa shape index (κ3) is 2.75. The number of carbonyl (C=O) groups excluding carboxylic acids is 1. The Morgan fingerprint density at radius 1 is 1.17 bits per heavy atom. The van der Waals surface area contributed by atoms with Gasteiger partial charge >= 0.3 is 0 Å². The number of nitrogens with one attached hydrogen (secondary N) is 2. The van der Waals surface area contributed by atoms with Crippen LogP contribution in [-0.4, -0.2) is 18.8 Å². The van der Waals surface area contributed by atoms with Crippen molar-refractivity contribution in [1.82, 2.24) is 5.32 Å². The molecule has 1 aliphatic rings. The van der Waals surface area contributed by atoms with E-state index in [1.807, 2.05) is 30.3 Å². The largest absolute Gasteiger partial charge is 0.338 e. The fourth-order valence-electron chi connectivity index (χ4n) is 2.50. The lowest BCUT2D eigenvalue weighted by atomic mass is 10.0. The third-order valence-electron chi connectivity index (χ3n) is 3.63. The first-order chi connectivity index (χ1) is 11.7. The highest BCUT2D eigenvalue weighted by Crippen LogP contribution is 2.28. The van der Waals surface area contributed by atoms with Gasteiger partial charge in [0.2, 0.25) is 0 Å². The molecule has 0 aromatic heterocycles. The predicted molar refractivity (Wildman–Crippen MR) is 94.7 cm³/mol. The molecule has 0 saturated carbocycles. The zero-order valence-corrected chi connectivity index (χ0v) is 13.6. The molecule has 2 N–H and O–H groups in total. The van der Waals surface area contributed by atoms with Crippen LogP contribution in [0.15, 0.2) is 59.1 Å². The molecule has 3 rings (SSSR count). The number of anilines is 1. The topological polar surface area (TPSA) is 77.3 Å². The zero-order valence-electron chi connectivity index (χ0n) is 12.8. The number of hydrogen-bond acceptors (Lipinski definition) is 3. The predicted octanol–water partition coefficient (Wildman–Crippen LogP) is 3.19. The van der Waals surface area contributed by atoms with Gasteiger partial charge in [-0.25, -0.2) is 0 Å². The number of amidine groups is 1. The number of halogens is 1. The average molecular weight is 337 g/mol. The van der Waals surface area contributed by atoms with Gasteiger partial charge in [0.25, 0.3) is 5.91 Å². The van der Waals surface area contributed by atoms with Gasteiger partial charge in [-0.2, -0.15) is 5.26 Å². The number of rotatable bonds is 2. The Hall–Kier alpha value is -3.10. The van der Waals surface area contributed by atoms with Crippen molar-refractivity contribution >= 4 is 34.7 Å². The highest BCUT2D eigenvalue weighted by molar-refractivity contribution is 6.34. The van der Waals surface area contributed by atoms with Crippen molar-refractivity contribution < 1.29 is 4.79 Å². The number of amides is 1. The first kappa shape index (κ1) is 15.8. The second-order valence-electron chi connectivity index (χ2n) is 5.04. The summed E-state index contributed by atoms with van der Waals surface area (Å²) in [5.41, 5.74) is 2.49. The molecule has 0 fully saturated rings. The minimum Gasteiger partial charge on any atom is -0.338 e. The molecule has 24 heavy (non-hydrogen) atoms. The van der Waals surface area contributed by atoms with Crippen LogP contribution in [-0.2, 0) is 4.79 Å². The van der Waals surface area contributed by atoms with E-state index in [0.29, 0.717) is 22.2 Å². The number of hydrogen-bond donors (Lipinski definition) is 2. The van der Waals surface area contributed by atoms with Gasteiger partial charge in [0, 0.05) is 18.2 Å². The van der Waals surface area contributed by atoms with E-state index >= 15 is 0 Å². The Morgan fingerprint density at radius 2 is 1.83 bits per heavy atom. The minimum atomic E-state index is -0.528. The lowest BCUT2D eigenvalue weighted by Gasteiger charge is -2.08. The van der Waals surface area contributed by atoms with Crippen LogP contribution < -0.4 is 10.6 Å². The summed E-state index contributed by atoms with van der Waals surface area (Å²) >= 11 is 6.05. The number of fused-ring (bicyclic) bond motifs is 1. The standard InChI is InChI=1S/C18H13ClN4O/c1-21-17-12-7-3-2-6-11(12)16(23-17)13(10-20)18(24)22-15-9-5-4-8-14(15)19/h2-9H,1H3,(H,21,23)(H,22,24). The first-order valence-corrected chi connectivity index (χ1v) is 7.57. The maximum atomic E-state index is 12.6. The number of carbonyl (C=O) groups is 1. The summed E-state index contributed by atoms with van der Waals surface area (Å²) in [6.07, 6.45) is 0. The lowest BCUT2D eigenvalue weighted by Crippen LogP contribution is -2.20. The molecule has 0 unspecified atom stereocenters. The van der Waals surface area contributed by atoms with Crippen LogP contribution in [0.4, 0.5) is 5.69 Å². The van der Waals surface area contributed by atoms with Crippen LogP contribution in [0.5, 0.6) is 0 Å². The molecule has 2 aromatic rings. The number of para-hydroxylation sites is 1. The minimum absolute atomic E-state index is 0.0268. The molecule has 118 valence electrons. The summed E-state index contributed by atoms with van der Waals surface area (Å²) in [7, 11) is 1.65. The number of nitriles is 1. The van der Waals surface area contributed by atoms with Crippen molar-refractivity contribution in [3.05, 3.63) is 70.3 Å². The van der Waals surface area contributed by atoms with Gasteiger partial charge in [0.15, 0.2) is 0 Å². The monoisotopic (exact) mass is 336 g/mol. The fourth-order valence-corrected chi connectivity index (χ4v) is 2.68. The maximum absolute atomic E-state index is 12.6. The molecule has 1 amide bonds. The van der Waals surface area contributed by atoms with Crippen molar-refractivity contribution in [3.63, 3.8) is 0 Å². The molecular formula is C18H13ClN4O. The quantitative estimate of drug-likeness (QED) is 0.653. The van der Waals surface area contributed by atoms with Crippen LogP contribution in [0.25, 0.3) is 5.70 Å². The normalized spacial score (nSPS) is 16.1. The highest BCUT2D eigenvalue weighted by Gasteiger charge is 2.27. The number of nitrogens with zero attached hydrogens (tertiary/aromatic N) is 2. The number of benzene rings is 2. The van der Waals surface area contributed by atoms with Gasteiger partial charge in [0.1, 0.15) is 17.5 Å². The molecule has 0 aliphatic carbocycles. The molecule has 0 spiro atoms. The van der Waals surface area contributed by atoms with Crippen molar-refractivity contribution in [2.45, 2.75) is 0 Å². The van der Waals surface area contributed by atoms with Crippen LogP contribution in [0, 0.1) is 11.3 Å². The maximum Gasteiger partial charge on any atom is 0.268 e. The van der Waals surface area contributed by atoms with E-state index in [9.17, 15) is 10.1 Å². The summed E-state index contributed by atoms with van der Waals surface area (Å²) in [6, 6.07) is 16.3. The zero-order chi connectivity index (χ0) is 17.1. The van der Waals surface area contributed by atoms with E-state index in [0.717, 1.165) is 11.1 Å². The van der Waals surface area contributed by atoms with Crippen LogP contribution >= 0.6 is 11.6 Å². The Bertz CT molecular complexity index is 925. The smallest absolute Gasteiger partial charge is 0.268 e. The molecule has 0 bridgehead atoms. The van der Waals surface area contributed by atoms with Gasteiger partial charge in [-0.3, -0.25) is 9.79 Å². The molecular weight excluding hydrogens is 324 g/mol. The Kier molecular flexibility index (Phi) is 4.32. The van der Waals surface area contributed by atoms with Crippen LogP contribution in [0.2, 0.25) is 5.02 Å². The second-order valence-corrected chi connectivity index (χ2v) is 5.45. The first-order valence-electron chi connectivity index (χ1n) is 7.19. The van der Waals surface area contributed by atoms with E-state index in [1.165, 1.54) is 0 Å². The summed E-state index contributed by atoms with van der Waals surface area (Å²) in [5.74, 6) is 0.0964. The van der Waals surface area contributed by atoms with Crippen molar-refractivity contribution in [3.8, 4) is 6.07 Å². The van der Waals surface area contributed by atoms with E-state index in [4.69, 9.17) is 11.6 Å². The molecule has 1 aliphatic heterocycles. The molecule has 1 heterocycles. The van der Waals surface area contributed by atoms with Crippen molar-refractivity contribution in [2.24, 2.45) is 4.99 Å². The Labute approximate surface area is 144 Å². The number of aliphatic imine (C=N–C) groups is 1. The molecule has 5 nitrogen and oxygen atoms in total. The fraction of sp³-hybridized carbons (Fsp3) is 0.0556. The van der Waals surface area contributed by atoms with E-state index in [1.54, 1.807) is 31.3 Å². The highest BCUT2D eigenvalue weighted by atomic mass is 35.5. The summed E-state index contributed by atoms with van der Waals surface area (Å²) < 4.78 is 0. The molecule has 6 heteroatoms. The average Bonchev–Trinajstić information content (AvgIpc) is 2.96. The molecule has 0 atom stereocenters. The summed E-state index contributed by atoms with van der Waals surface area (Å²) in [5, 5.41) is 15.6. The SMILES string of the molecule is CN=C1NC(=C(C#N)C(=O)Nc2ccccc2Cl)c2ccccc21.